The third kappa shape index (κ3) is 3.55. The fourth-order valence-electron chi connectivity index (χ4n) is 3.62. The average Bonchev–Trinajstić information content (AvgIpc) is 2.95. The van der Waals surface area contributed by atoms with Gasteiger partial charge in [0.1, 0.15) is 11.5 Å². The Morgan fingerprint density at radius 1 is 1.40 bits per heavy atom. The molecule has 1 N–H and O–H groups in total. The first-order chi connectivity index (χ1) is 12.0. The first-order valence-electron chi connectivity index (χ1n) is 8.78. The summed E-state index contributed by atoms with van der Waals surface area (Å²) in [6.45, 7) is 4.85. The van der Waals surface area contributed by atoms with Gasteiger partial charge in [0.05, 0.1) is 12.1 Å². The van der Waals surface area contributed by atoms with Crippen LogP contribution in [0.2, 0.25) is 0 Å². The topological polar surface area (TPSA) is 48.6 Å². The van der Waals surface area contributed by atoms with Crippen molar-refractivity contribution in [1.82, 2.24) is 14.8 Å². The number of nitrogens with zero attached hydrogens (tertiary/aromatic N) is 2. The van der Waals surface area contributed by atoms with Gasteiger partial charge in [-0.15, -0.1) is 0 Å². The van der Waals surface area contributed by atoms with Gasteiger partial charge in [0.15, 0.2) is 0 Å². The molecule has 0 radical (unpaired) electrons. The molecule has 1 fully saturated rings. The Bertz CT molecular complexity index is 750. The highest BCUT2D eigenvalue weighted by Crippen LogP contribution is 2.26. The Hall–Kier alpha value is -1.92. The van der Waals surface area contributed by atoms with Crippen LogP contribution in [0.5, 0.6) is 0 Å². The second-order valence-corrected chi connectivity index (χ2v) is 6.81. The van der Waals surface area contributed by atoms with E-state index in [0.717, 1.165) is 36.9 Å². The van der Waals surface area contributed by atoms with Gasteiger partial charge in [0, 0.05) is 25.1 Å². The number of aromatic nitrogens is 1. The lowest BCUT2D eigenvalue weighted by atomic mass is 10.0. The minimum absolute atomic E-state index is 0.0697. The van der Waals surface area contributed by atoms with Gasteiger partial charge in [-0.05, 0) is 51.5 Å². The number of aryl methyl sites for hydroxylation is 1. The lowest BCUT2D eigenvalue weighted by molar-refractivity contribution is 0.0499. The lowest BCUT2D eigenvalue weighted by Gasteiger charge is -2.37. The van der Waals surface area contributed by atoms with Crippen LogP contribution in [-0.4, -0.2) is 67.1 Å². The summed E-state index contributed by atoms with van der Waals surface area (Å²) in [4.78, 5) is 20.4. The van der Waals surface area contributed by atoms with Crippen molar-refractivity contribution in [2.75, 3.05) is 40.4 Å². The highest BCUT2D eigenvalue weighted by molar-refractivity contribution is 6.01. The summed E-state index contributed by atoms with van der Waals surface area (Å²) in [6.07, 6.45) is 1.89. The Labute approximate surface area is 147 Å². The zero-order chi connectivity index (χ0) is 18.0. The maximum Gasteiger partial charge on any atom is 0.270 e. The zero-order valence-corrected chi connectivity index (χ0v) is 15.1. The van der Waals surface area contributed by atoms with E-state index in [1.54, 1.807) is 13.2 Å². The van der Waals surface area contributed by atoms with Crippen molar-refractivity contribution in [1.29, 1.82) is 0 Å². The number of amides is 1. The van der Waals surface area contributed by atoms with E-state index in [2.05, 4.69) is 16.9 Å². The van der Waals surface area contributed by atoms with E-state index >= 15 is 0 Å². The van der Waals surface area contributed by atoms with Crippen LogP contribution in [-0.2, 0) is 4.74 Å². The summed E-state index contributed by atoms with van der Waals surface area (Å²) in [6, 6.07) is 5.11. The number of carbonyl (C=O) groups excluding carboxylic acids is 1. The molecule has 1 aromatic carbocycles. The number of para-hydroxylation sites is 1. The number of benzene rings is 1. The van der Waals surface area contributed by atoms with Gasteiger partial charge in [0.25, 0.3) is 5.91 Å². The molecule has 5 nitrogen and oxygen atoms in total. The van der Waals surface area contributed by atoms with E-state index in [0.29, 0.717) is 24.4 Å². The van der Waals surface area contributed by atoms with Gasteiger partial charge >= 0.3 is 0 Å². The standard InChI is InChI=1S/C19H26FN3O2/c1-13-15-5-4-6-16(20)18(15)21-17(13)19(24)23(11-12-25-3)14-7-9-22(2)10-8-14/h4-6,14,21H,7-12H2,1-3H3. The predicted octanol–water partition coefficient (Wildman–Crippen LogP) is 2.80. The third-order valence-corrected chi connectivity index (χ3v) is 5.18. The number of rotatable bonds is 5. The molecule has 2 heterocycles. The SMILES string of the molecule is COCCN(C(=O)c1[nH]c2c(F)cccc2c1C)C1CCN(C)CC1. The Morgan fingerprint density at radius 2 is 2.12 bits per heavy atom. The fraction of sp³-hybridized carbons (Fsp3) is 0.526. The molecule has 0 bridgehead atoms. The number of fused-ring (bicyclic) bond motifs is 1. The van der Waals surface area contributed by atoms with Crippen LogP contribution in [0.25, 0.3) is 10.9 Å². The van der Waals surface area contributed by atoms with Crippen LogP contribution >= 0.6 is 0 Å². The third-order valence-electron chi connectivity index (χ3n) is 5.18. The van der Waals surface area contributed by atoms with Crippen LogP contribution in [0, 0.1) is 12.7 Å². The van der Waals surface area contributed by atoms with E-state index in [9.17, 15) is 9.18 Å². The molecule has 136 valence electrons. The van der Waals surface area contributed by atoms with Crippen LogP contribution in [0.15, 0.2) is 18.2 Å². The number of methoxy groups -OCH3 is 1. The molecule has 1 aliphatic heterocycles. The molecule has 6 heteroatoms. The van der Waals surface area contributed by atoms with Crippen molar-refractivity contribution in [3.05, 3.63) is 35.3 Å². The first-order valence-corrected chi connectivity index (χ1v) is 8.78. The number of halogens is 1. The monoisotopic (exact) mass is 347 g/mol. The number of likely N-dealkylation sites (tertiary alicyclic amines) is 1. The summed E-state index contributed by atoms with van der Waals surface area (Å²) in [7, 11) is 3.74. The molecule has 25 heavy (non-hydrogen) atoms. The molecule has 0 spiro atoms. The van der Waals surface area contributed by atoms with Crippen LogP contribution in [0.3, 0.4) is 0 Å². The summed E-state index contributed by atoms with van der Waals surface area (Å²) >= 11 is 0. The molecule has 1 aliphatic rings. The highest BCUT2D eigenvalue weighted by Gasteiger charge is 2.29. The van der Waals surface area contributed by atoms with Gasteiger partial charge in [-0.2, -0.15) is 0 Å². The molecule has 2 aromatic rings. The van der Waals surface area contributed by atoms with E-state index in [-0.39, 0.29) is 17.8 Å². The van der Waals surface area contributed by atoms with E-state index in [4.69, 9.17) is 4.74 Å². The van der Waals surface area contributed by atoms with E-state index in [1.807, 2.05) is 17.9 Å². The van der Waals surface area contributed by atoms with Gasteiger partial charge < -0.3 is 19.5 Å². The quantitative estimate of drug-likeness (QED) is 0.905. The first kappa shape index (κ1) is 17.9. The smallest absolute Gasteiger partial charge is 0.270 e. The Balaban J connectivity index is 1.91. The average molecular weight is 347 g/mol. The molecule has 1 aromatic heterocycles. The number of nitrogens with one attached hydrogen (secondary N) is 1. The number of ether oxygens (including phenoxy) is 1. The minimum Gasteiger partial charge on any atom is -0.383 e. The molecule has 1 saturated heterocycles. The number of hydrogen-bond donors (Lipinski definition) is 1. The van der Waals surface area contributed by atoms with Crippen molar-refractivity contribution in [3.8, 4) is 0 Å². The predicted molar refractivity (Wildman–Crippen MR) is 96.4 cm³/mol. The summed E-state index contributed by atoms with van der Waals surface area (Å²) < 4.78 is 19.3. The van der Waals surface area contributed by atoms with Crippen molar-refractivity contribution in [3.63, 3.8) is 0 Å². The zero-order valence-electron chi connectivity index (χ0n) is 15.1. The molecular formula is C19H26FN3O2. The highest BCUT2D eigenvalue weighted by atomic mass is 19.1. The van der Waals surface area contributed by atoms with Crippen molar-refractivity contribution >= 4 is 16.8 Å². The number of aromatic amines is 1. The molecular weight excluding hydrogens is 321 g/mol. The van der Waals surface area contributed by atoms with Crippen molar-refractivity contribution < 1.29 is 13.9 Å². The minimum atomic E-state index is -0.331. The van der Waals surface area contributed by atoms with E-state index < -0.39 is 0 Å². The molecule has 0 atom stereocenters. The van der Waals surface area contributed by atoms with Gasteiger partial charge in [-0.25, -0.2) is 4.39 Å². The number of H-pyrrole nitrogens is 1. The second-order valence-electron chi connectivity index (χ2n) is 6.81. The van der Waals surface area contributed by atoms with E-state index in [1.165, 1.54) is 6.07 Å². The normalized spacial score (nSPS) is 16.5. The van der Waals surface area contributed by atoms with Gasteiger partial charge in [-0.1, -0.05) is 12.1 Å². The largest absolute Gasteiger partial charge is 0.383 e. The second kappa shape index (κ2) is 7.54. The van der Waals surface area contributed by atoms with Gasteiger partial charge in [-0.3, -0.25) is 4.79 Å². The molecule has 0 aliphatic carbocycles. The maximum absolute atomic E-state index is 14.1. The Kier molecular flexibility index (Phi) is 5.39. The van der Waals surface area contributed by atoms with Crippen molar-refractivity contribution in [2.45, 2.75) is 25.8 Å². The fourth-order valence-corrected chi connectivity index (χ4v) is 3.62. The molecule has 0 unspecified atom stereocenters. The van der Waals surface area contributed by atoms with Crippen molar-refractivity contribution in [2.24, 2.45) is 0 Å². The number of piperidine rings is 1. The number of carbonyl (C=O) groups is 1. The van der Waals surface area contributed by atoms with Crippen LogP contribution < -0.4 is 0 Å². The molecule has 3 rings (SSSR count). The summed E-state index contributed by atoms with van der Waals surface area (Å²) in [5.41, 5.74) is 1.68. The van der Waals surface area contributed by atoms with Gasteiger partial charge in [0.2, 0.25) is 0 Å². The van der Waals surface area contributed by atoms with Crippen LogP contribution in [0.1, 0.15) is 28.9 Å². The number of hydrogen-bond acceptors (Lipinski definition) is 3. The lowest BCUT2D eigenvalue weighted by Crippen LogP contribution is -2.48. The molecule has 0 saturated carbocycles. The Morgan fingerprint density at radius 3 is 2.76 bits per heavy atom. The molecule has 1 amide bonds. The maximum atomic E-state index is 14.1. The van der Waals surface area contributed by atoms with Crippen LogP contribution in [0.4, 0.5) is 4.39 Å². The summed E-state index contributed by atoms with van der Waals surface area (Å²) in [5.74, 6) is -0.401. The summed E-state index contributed by atoms with van der Waals surface area (Å²) in [5, 5.41) is 0.762.